The van der Waals surface area contributed by atoms with Gasteiger partial charge in [-0.1, -0.05) is 48.9 Å². The Morgan fingerprint density at radius 1 is 1.15 bits per heavy atom. The van der Waals surface area contributed by atoms with E-state index in [4.69, 9.17) is 21.1 Å². The van der Waals surface area contributed by atoms with Crippen LogP contribution in [0.4, 0.5) is 5.69 Å². The van der Waals surface area contributed by atoms with Gasteiger partial charge in [0.2, 0.25) is 0 Å². The first-order valence-corrected chi connectivity index (χ1v) is 12.6. The molecule has 0 saturated carbocycles. The number of rotatable bonds is 7. The van der Waals surface area contributed by atoms with E-state index in [1.165, 1.54) is 29.6 Å². The molecular weight excluding hydrogens is 476 g/mol. The number of halogens is 1. The first-order valence-electron chi connectivity index (χ1n) is 10.8. The number of ether oxygens (including phenoxy) is 2. The summed E-state index contributed by atoms with van der Waals surface area (Å²) in [6.45, 7) is 2.21. The van der Waals surface area contributed by atoms with Crippen molar-refractivity contribution < 1.29 is 22.7 Å². The lowest BCUT2D eigenvalue weighted by atomic mass is 10.0. The zero-order valence-electron chi connectivity index (χ0n) is 18.8. The quantitative estimate of drug-likeness (QED) is 0.525. The summed E-state index contributed by atoms with van der Waals surface area (Å²) in [5.74, 6) is 0.496. The maximum absolute atomic E-state index is 13.5. The van der Waals surface area contributed by atoms with E-state index in [9.17, 15) is 13.2 Å². The van der Waals surface area contributed by atoms with Crippen LogP contribution in [0.25, 0.3) is 0 Å². The summed E-state index contributed by atoms with van der Waals surface area (Å²) in [5, 5.41) is 3.25. The standard InChI is InChI=1S/C25H25ClN2O5S/c1-17(18-6-4-3-5-7-18)15-27-25(29)24-16-28(22-14-19(26)8-13-23(22)33-24)34(30,31)21-11-9-20(32-2)10-12-21/h3-14,17,24H,15-16H2,1-2H3,(H,27,29)/t17-,24-/m1/s1. The van der Waals surface area contributed by atoms with Crippen molar-refractivity contribution in [2.45, 2.75) is 23.8 Å². The van der Waals surface area contributed by atoms with Crippen LogP contribution in [-0.2, 0) is 14.8 Å². The maximum atomic E-state index is 13.5. The number of benzene rings is 3. The zero-order valence-corrected chi connectivity index (χ0v) is 20.3. The minimum atomic E-state index is -4.00. The van der Waals surface area contributed by atoms with Crippen LogP contribution in [0.3, 0.4) is 0 Å². The van der Waals surface area contributed by atoms with Gasteiger partial charge < -0.3 is 14.8 Å². The molecule has 0 spiro atoms. The molecule has 1 N–H and O–H groups in total. The third kappa shape index (κ3) is 4.98. The molecule has 9 heteroatoms. The Bertz CT molecular complexity index is 1270. The van der Waals surface area contributed by atoms with Crippen LogP contribution in [0.15, 0.2) is 77.7 Å². The third-order valence-corrected chi connectivity index (χ3v) is 7.71. The average Bonchev–Trinajstić information content (AvgIpc) is 2.86. The molecule has 34 heavy (non-hydrogen) atoms. The summed E-state index contributed by atoms with van der Waals surface area (Å²) in [5.41, 5.74) is 1.38. The molecule has 0 fully saturated rings. The lowest BCUT2D eigenvalue weighted by Gasteiger charge is -2.35. The number of hydrogen-bond acceptors (Lipinski definition) is 5. The van der Waals surface area contributed by atoms with E-state index in [-0.39, 0.29) is 28.8 Å². The number of amides is 1. The molecule has 0 bridgehead atoms. The van der Waals surface area contributed by atoms with Crippen LogP contribution in [0.1, 0.15) is 18.4 Å². The molecule has 0 saturated heterocycles. The van der Waals surface area contributed by atoms with Gasteiger partial charge in [0.05, 0.1) is 24.2 Å². The lowest BCUT2D eigenvalue weighted by molar-refractivity contribution is -0.127. The van der Waals surface area contributed by atoms with Crippen LogP contribution >= 0.6 is 11.6 Å². The SMILES string of the molecule is COc1ccc(S(=O)(=O)N2C[C@H](C(=O)NC[C@@H](C)c3ccccc3)Oc3ccc(Cl)cc32)cc1. The number of fused-ring (bicyclic) bond motifs is 1. The number of methoxy groups -OCH3 is 1. The summed E-state index contributed by atoms with van der Waals surface area (Å²) < 4.78 is 39.3. The number of nitrogens with one attached hydrogen (secondary N) is 1. The van der Waals surface area contributed by atoms with Gasteiger partial charge in [0.1, 0.15) is 11.5 Å². The summed E-state index contributed by atoms with van der Waals surface area (Å²) in [6.07, 6.45) is -1.02. The summed E-state index contributed by atoms with van der Waals surface area (Å²) in [7, 11) is -2.49. The smallest absolute Gasteiger partial charge is 0.264 e. The monoisotopic (exact) mass is 500 g/mol. The third-order valence-electron chi connectivity index (χ3n) is 5.68. The van der Waals surface area contributed by atoms with E-state index >= 15 is 0 Å². The highest BCUT2D eigenvalue weighted by molar-refractivity contribution is 7.92. The molecule has 1 heterocycles. The summed E-state index contributed by atoms with van der Waals surface area (Å²) >= 11 is 6.15. The molecule has 1 aliphatic rings. The highest BCUT2D eigenvalue weighted by atomic mass is 35.5. The highest BCUT2D eigenvalue weighted by Crippen LogP contribution is 2.39. The first kappa shape index (κ1) is 23.9. The van der Waals surface area contributed by atoms with Gasteiger partial charge in [0, 0.05) is 11.6 Å². The van der Waals surface area contributed by atoms with E-state index in [2.05, 4.69) is 5.32 Å². The van der Waals surface area contributed by atoms with Gasteiger partial charge in [0.15, 0.2) is 6.10 Å². The van der Waals surface area contributed by atoms with E-state index in [0.717, 1.165) is 5.56 Å². The van der Waals surface area contributed by atoms with E-state index < -0.39 is 22.0 Å². The minimum absolute atomic E-state index is 0.0676. The second-order valence-electron chi connectivity index (χ2n) is 7.99. The second-order valence-corrected chi connectivity index (χ2v) is 10.3. The van der Waals surface area contributed by atoms with Crippen molar-refractivity contribution in [1.29, 1.82) is 0 Å². The van der Waals surface area contributed by atoms with Gasteiger partial charge in [0.25, 0.3) is 15.9 Å². The van der Waals surface area contributed by atoms with Crippen LogP contribution in [0, 0.1) is 0 Å². The molecule has 7 nitrogen and oxygen atoms in total. The normalized spacial score (nSPS) is 16.2. The molecule has 1 aliphatic heterocycles. The maximum Gasteiger partial charge on any atom is 0.264 e. The Balaban J connectivity index is 1.58. The molecule has 0 radical (unpaired) electrons. The number of carbonyl (C=O) groups excluding carboxylic acids is 1. The number of nitrogens with zero attached hydrogens (tertiary/aromatic N) is 1. The molecule has 178 valence electrons. The molecule has 2 atom stereocenters. The van der Waals surface area contributed by atoms with Crippen molar-refractivity contribution in [1.82, 2.24) is 5.32 Å². The first-order chi connectivity index (χ1) is 16.3. The Hall–Kier alpha value is -3.23. The van der Waals surface area contributed by atoms with Crippen LogP contribution < -0.4 is 19.1 Å². The van der Waals surface area contributed by atoms with E-state index in [0.29, 0.717) is 17.3 Å². The van der Waals surface area contributed by atoms with Crippen molar-refractivity contribution in [3.05, 3.63) is 83.4 Å². The molecule has 0 aliphatic carbocycles. The predicted octanol–water partition coefficient (Wildman–Crippen LogP) is 4.22. The fourth-order valence-electron chi connectivity index (χ4n) is 3.73. The van der Waals surface area contributed by atoms with Gasteiger partial charge >= 0.3 is 0 Å². The number of hydrogen-bond donors (Lipinski definition) is 1. The minimum Gasteiger partial charge on any atom is -0.497 e. The van der Waals surface area contributed by atoms with Gasteiger partial charge in [-0.05, 0) is 53.9 Å². The largest absolute Gasteiger partial charge is 0.497 e. The van der Waals surface area contributed by atoms with Crippen molar-refractivity contribution in [2.24, 2.45) is 0 Å². The van der Waals surface area contributed by atoms with Crippen molar-refractivity contribution >= 4 is 33.2 Å². The molecule has 3 aromatic rings. The molecule has 3 aromatic carbocycles. The average molecular weight is 501 g/mol. The van der Waals surface area contributed by atoms with Crippen LogP contribution in [0.2, 0.25) is 5.02 Å². The number of sulfonamides is 1. The van der Waals surface area contributed by atoms with Crippen molar-refractivity contribution in [3.63, 3.8) is 0 Å². The fraction of sp³-hybridized carbons (Fsp3) is 0.240. The lowest BCUT2D eigenvalue weighted by Crippen LogP contribution is -2.51. The second kappa shape index (κ2) is 9.95. The van der Waals surface area contributed by atoms with Gasteiger partial charge in [-0.3, -0.25) is 9.10 Å². The Labute approximate surface area is 204 Å². The van der Waals surface area contributed by atoms with Crippen LogP contribution in [-0.4, -0.2) is 40.6 Å². The summed E-state index contributed by atoms with van der Waals surface area (Å²) in [6, 6.07) is 20.6. The van der Waals surface area contributed by atoms with Gasteiger partial charge in [-0.2, -0.15) is 0 Å². The van der Waals surface area contributed by atoms with Gasteiger partial charge in [-0.25, -0.2) is 8.42 Å². The summed E-state index contributed by atoms with van der Waals surface area (Å²) in [4.78, 5) is 13.1. The van der Waals surface area contributed by atoms with Crippen LogP contribution in [0.5, 0.6) is 11.5 Å². The Kier molecular flexibility index (Phi) is 7.00. The molecule has 4 rings (SSSR count). The topological polar surface area (TPSA) is 84.9 Å². The van der Waals surface area contributed by atoms with E-state index in [1.807, 2.05) is 37.3 Å². The van der Waals surface area contributed by atoms with Crippen molar-refractivity contribution in [2.75, 3.05) is 24.5 Å². The number of carbonyl (C=O) groups is 1. The molecule has 1 amide bonds. The Morgan fingerprint density at radius 2 is 1.85 bits per heavy atom. The van der Waals surface area contributed by atoms with Crippen molar-refractivity contribution in [3.8, 4) is 11.5 Å². The number of anilines is 1. The Morgan fingerprint density at radius 3 is 2.53 bits per heavy atom. The highest BCUT2D eigenvalue weighted by Gasteiger charge is 2.37. The van der Waals surface area contributed by atoms with E-state index in [1.54, 1.807) is 24.3 Å². The molecule has 0 aromatic heterocycles. The molecule has 0 unspecified atom stereocenters. The predicted molar refractivity (Wildman–Crippen MR) is 131 cm³/mol. The zero-order chi connectivity index (χ0) is 24.3. The van der Waals surface area contributed by atoms with Gasteiger partial charge in [-0.15, -0.1) is 0 Å². The molecular formula is C25H25ClN2O5S. The fourth-order valence-corrected chi connectivity index (χ4v) is 5.36.